The van der Waals surface area contributed by atoms with Crippen LogP contribution < -0.4 is 0 Å². The van der Waals surface area contributed by atoms with Crippen molar-refractivity contribution < 1.29 is 14.9 Å². The summed E-state index contributed by atoms with van der Waals surface area (Å²) in [4.78, 5) is 0. The molecule has 0 aromatic rings. The van der Waals surface area contributed by atoms with Crippen LogP contribution >= 0.6 is 0 Å². The molecule has 0 spiro atoms. The summed E-state index contributed by atoms with van der Waals surface area (Å²) in [6, 6.07) is 0. The molecule has 1 heterocycles. The highest BCUT2D eigenvalue weighted by molar-refractivity contribution is 5.37. The molecule has 5 atom stereocenters. The Bertz CT molecular complexity index is 1320. The van der Waals surface area contributed by atoms with Crippen LogP contribution in [0, 0.1) is 16.7 Å². The van der Waals surface area contributed by atoms with Gasteiger partial charge < -0.3 is 14.9 Å². The maximum Gasteiger partial charge on any atom is 0.121 e. The zero-order valence-corrected chi connectivity index (χ0v) is 28.3. The molecule has 3 nitrogen and oxygen atoms in total. The van der Waals surface area contributed by atoms with Gasteiger partial charge in [0.05, 0.1) is 12.2 Å². The third kappa shape index (κ3) is 8.91. The molecule has 2 fully saturated rings. The molecule has 2 N–H and O–H groups in total. The van der Waals surface area contributed by atoms with Crippen molar-refractivity contribution in [1.29, 1.82) is 0 Å². The Labute approximate surface area is 262 Å². The minimum atomic E-state index is -0.333. The Morgan fingerprint density at radius 1 is 0.721 bits per heavy atom. The quantitative estimate of drug-likeness (QED) is 0.153. The molecule has 1 aliphatic heterocycles. The summed E-state index contributed by atoms with van der Waals surface area (Å²) in [7, 11) is 0. The molecule has 1 saturated heterocycles. The van der Waals surface area contributed by atoms with Crippen molar-refractivity contribution in [2.75, 3.05) is 0 Å². The Morgan fingerprint density at radius 3 is 1.77 bits per heavy atom. The Kier molecular flexibility index (Phi) is 11.3. The lowest BCUT2D eigenvalue weighted by molar-refractivity contribution is 0.0515. The van der Waals surface area contributed by atoms with Crippen molar-refractivity contribution in [3.05, 3.63) is 119 Å². The maximum absolute atomic E-state index is 10.2. The van der Waals surface area contributed by atoms with Crippen LogP contribution in [0.4, 0.5) is 0 Å². The van der Waals surface area contributed by atoms with Gasteiger partial charge in [-0.2, -0.15) is 0 Å². The molecule has 0 amide bonds. The number of epoxide rings is 1. The highest BCUT2D eigenvalue weighted by Crippen LogP contribution is 2.66. The van der Waals surface area contributed by atoms with Crippen LogP contribution in [0.25, 0.3) is 0 Å². The predicted molar refractivity (Wildman–Crippen MR) is 184 cm³/mol. The molecule has 3 heteroatoms. The normalized spacial score (nSPS) is 33.8. The topological polar surface area (TPSA) is 53.0 Å². The van der Waals surface area contributed by atoms with E-state index in [0.717, 1.165) is 12.8 Å². The zero-order valence-electron chi connectivity index (χ0n) is 28.3. The average Bonchev–Trinajstić information content (AvgIpc) is 3.49. The summed E-state index contributed by atoms with van der Waals surface area (Å²) < 4.78 is 6.25. The fourth-order valence-corrected chi connectivity index (χ4v) is 7.07. The summed E-state index contributed by atoms with van der Waals surface area (Å²) in [5.74, 6) is 0.345. The SMILES string of the molecule is CC1=C[C@H](O)CC(C)(C)[C@H]1/C=C/C(C)=C/C=C/C(C)=C/C=C/C=C(C)\C=C\C=C(C)\C=C\C12OC1(C)C[C@H](O)CC2(C)C. The monoisotopic (exact) mass is 584 g/mol. The number of hydrogen-bond acceptors (Lipinski definition) is 3. The van der Waals surface area contributed by atoms with E-state index in [1.807, 2.05) is 6.08 Å². The van der Waals surface area contributed by atoms with E-state index in [0.29, 0.717) is 12.3 Å². The van der Waals surface area contributed by atoms with Gasteiger partial charge in [-0.1, -0.05) is 141 Å². The van der Waals surface area contributed by atoms with E-state index in [1.165, 1.54) is 27.9 Å². The number of ether oxygens (including phenoxy) is 1. The van der Waals surface area contributed by atoms with E-state index in [4.69, 9.17) is 4.74 Å². The Morgan fingerprint density at radius 2 is 1.23 bits per heavy atom. The van der Waals surface area contributed by atoms with Gasteiger partial charge in [-0.25, -0.2) is 0 Å². The standard InChI is InChI=1S/C40H56O3/c1-29(17-13-19-31(3)21-22-36-33(5)25-34(41)26-37(36,6)7)15-11-12-16-30(2)18-14-20-32(4)23-24-40-38(8,9)27-35(42)28-39(40,10)43-40/h11-25,34-36,41-42H,26-28H2,1-10H3/b12-11+,17-13+,18-14+,22-21+,24-23+,29-15+,30-16-,31-19+,32-20+/t34-,35+,36-,39?,40?/m0/s1. The third-order valence-corrected chi connectivity index (χ3v) is 9.43. The molecule has 0 radical (unpaired) electrons. The van der Waals surface area contributed by atoms with Crippen LogP contribution in [-0.2, 0) is 4.74 Å². The second-order valence-electron chi connectivity index (χ2n) is 14.6. The molecule has 0 aromatic carbocycles. The van der Waals surface area contributed by atoms with Crippen LogP contribution in [0.2, 0.25) is 0 Å². The molecule has 1 saturated carbocycles. The van der Waals surface area contributed by atoms with Gasteiger partial charge in [0.2, 0.25) is 0 Å². The van der Waals surface area contributed by atoms with Gasteiger partial charge in [-0.15, -0.1) is 0 Å². The van der Waals surface area contributed by atoms with Gasteiger partial charge in [0, 0.05) is 17.8 Å². The lowest BCUT2D eigenvalue weighted by Gasteiger charge is -2.39. The number of allylic oxidation sites excluding steroid dienone is 18. The molecule has 2 aliphatic carbocycles. The van der Waals surface area contributed by atoms with Gasteiger partial charge in [0.15, 0.2) is 0 Å². The van der Waals surface area contributed by atoms with Crippen LogP contribution in [-0.4, -0.2) is 33.6 Å². The number of rotatable bonds is 10. The van der Waals surface area contributed by atoms with Crippen molar-refractivity contribution in [3.8, 4) is 0 Å². The largest absolute Gasteiger partial charge is 0.393 e. The van der Waals surface area contributed by atoms with Crippen LogP contribution in [0.15, 0.2) is 119 Å². The zero-order chi connectivity index (χ0) is 32.1. The van der Waals surface area contributed by atoms with E-state index in [-0.39, 0.29) is 34.2 Å². The molecule has 3 rings (SSSR count). The first-order valence-corrected chi connectivity index (χ1v) is 15.8. The second-order valence-corrected chi connectivity index (χ2v) is 14.6. The second kappa shape index (κ2) is 13.9. The Hall–Kier alpha value is -2.72. The van der Waals surface area contributed by atoms with Crippen LogP contribution in [0.3, 0.4) is 0 Å². The number of aliphatic hydroxyl groups is 2. The first-order chi connectivity index (χ1) is 20.0. The summed E-state index contributed by atoms with van der Waals surface area (Å²) >= 11 is 0. The van der Waals surface area contributed by atoms with Crippen LogP contribution in [0.1, 0.15) is 88.5 Å². The predicted octanol–water partition coefficient (Wildman–Crippen LogP) is 9.61. The minimum absolute atomic E-state index is 0.0547. The summed E-state index contributed by atoms with van der Waals surface area (Å²) in [6.45, 7) is 21.5. The first kappa shape index (κ1) is 34.8. The lowest BCUT2D eigenvalue weighted by atomic mass is 9.63. The third-order valence-electron chi connectivity index (χ3n) is 9.43. The average molecular weight is 585 g/mol. The smallest absolute Gasteiger partial charge is 0.121 e. The van der Waals surface area contributed by atoms with Crippen molar-refractivity contribution in [2.45, 2.75) is 112 Å². The maximum atomic E-state index is 10.2. The van der Waals surface area contributed by atoms with E-state index in [9.17, 15) is 10.2 Å². The van der Waals surface area contributed by atoms with Crippen molar-refractivity contribution in [3.63, 3.8) is 0 Å². The molecule has 0 aromatic heterocycles. The minimum Gasteiger partial charge on any atom is -0.393 e. The van der Waals surface area contributed by atoms with Gasteiger partial charge >= 0.3 is 0 Å². The van der Waals surface area contributed by atoms with Gasteiger partial charge in [-0.3, -0.25) is 0 Å². The molecule has 0 bridgehead atoms. The van der Waals surface area contributed by atoms with Gasteiger partial charge in [0.1, 0.15) is 11.2 Å². The number of hydrogen-bond donors (Lipinski definition) is 2. The van der Waals surface area contributed by atoms with Gasteiger partial charge in [-0.05, 0) is 65.9 Å². The van der Waals surface area contributed by atoms with Crippen molar-refractivity contribution in [2.24, 2.45) is 16.7 Å². The summed E-state index contributed by atoms with van der Waals surface area (Å²) in [5.41, 5.74) is 5.38. The van der Waals surface area contributed by atoms with Crippen LogP contribution in [0.5, 0.6) is 0 Å². The van der Waals surface area contributed by atoms with E-state index >= 15 is 0 Å². The van der Waals surface area contributed by atoms with Crippen molar-refractivity contribution in [1.82, 2.24) is 0 Å². The van der Waals surface area contributed by atoms with Gasteiger partial charge in [0.25, 0.3) is 0 Å². The molecular formula is C40H56O3. The lowest BCUT2D eigenvalue weighted by Crippen LogP contribution is -2.46. The number of fused-ring (bicyclic) bond motifs is 1. The fourth-order valence-electron chi connectivity index (χ4n) is 7.07. The first-order valence-electron chi connectivity index (χ1n) is 15.8. The van der Waals surface area contributed by atoms with E-state index < -0.39 is 0 Å². The molecule has 3 aliphatic rings. The van der Waals surface area contributed by atoms with E-state index in [1.54, 1.807) is 0 Å². The highest BCUT2D eigenvalue weighted by atomic mass is 16.6. The highest BCUT2D eigenvalue weighted by Gasteiger charge is 2.74. The van der Waals surface area contributed by atoms with Crippen molar-refractivity contribution >= 4 is 0 Å². The van der Waals surface area contributed by atoms with E-state index in [2.05, 4.69) is 154 Å². The number of aliphatic hydroxyl groups excluding tert-OH is 2. The summed E-state index contributed by atoms with van der Waals surface area (Å²) in [5, 5.41) is 20.3. The molecule has 43 heavy (non-hydrogen) atoms. The molecular weight excluding hydrogens is 528 g/mol. The molecule has 234 valence electrons. The summed E-state index contributed by atoms with van der Waals surface area (Å²) in [6.07, 6.45) is 33.5. The molecule has 2 unspecified atom stereocenters. The fraction of sp³-hybridized carbons (Fsp3) is 0.500. The Balaban J connectivity index is 1.49.